The van der Waals surface area contributed by atoms with Gasteiger partial charge in [0.25, 0.3) is 0 Å². The fourth-order valence-corrected chi connectivity index (χ4v) is 2.73. The molecule has 1 aromatic carbocycles. The van der Waals surface area contributed by atoms with Crippen LogP contribution in [0.5, 0.6) is 0 Å². The SMILES string of the molecule is CC1CCCNC1C(=O)Nc1cccc(-c2cnco2)c1. The van der Waals surface area contributed by atoms with Crippen LogP contribution < -0.4 is 10.6 Å². The van der Waals surface area contributed by atoms with E-state index in [0.29, 0.717) is 11.7 Å². The maximum absolute atomic E-state index is 12.4. The zero-order chi connectivity index (χ0) is 14.7. The number of oxazole rings is 1. The van der Waals surface area contributed by atoms with E-state index < -0.39 is 0 Å². The van der Waals surface area contributed by atoms with Gasteiger partial charge in [-0.3, -0.25) is 4.79 Å². The summed E-state index contributed by atoms with van der Waals surface area (Å²) in [7, 11) is 0. The molecule has 2 heterocycles. The van der Waals surface area contributed by atoms with Crippen molar-refractivity contribution in [1.82, 2.24) is 10.3 Å². The Labute approximate surface area is 123 Å². The maximum Gasteiger partial charge on any atom is 0.241 e. The highest BCUT2D eigenvalue weighted by molar-refractivity contribution is 5.95. The summed E-state index contributed by atoms with van der Waals surface area (Å²) in [6.07, 6.45) is 5.27. The summed E-state index contributed by atoms with van der Waals surface area (Å²) in [6, 6.07) is 7.48. The van der Waals surface area contributed by atoms with Gasteiger partial charge in [-0.2, -0.15) is 0 Å². The average Bonchev–Trinajstić information content (AvgIpc) is 3.02. The number of hydrogen-bond donors (Lipinski definition) is 2. The van der Waals surface area contributed by atoms with Crippen LogP contribution in [0.1, 0.15) is 19.8 Å². The van der Waals surface area contributed by atoms with Crippen molar-refractivity contribution < 1.29 is 9.21 Å². The highest BCUT2D eigenvalue weighted by Gasteiger charge is 2.27. The van der Waals surface area contributed by atoms with Crippen molar-refractivity contribution in [3.63, 3.8) is 0 Å². The molecular weight excluding hydrogens is 266 g/mol. The first-order valence-electron chi connectivity index (χ1n) is 7.27. The summed E-state index contributed by atoms with van der Waals surface area (Å²) < 4.78 is 5.28. The second-order valence-corrected chi connectivity index (χ2v) is 5.49. The van der Waals surface area contributed by atoms with Gasteiger partial charge in [-0.05, 0) is 37.4 Å². The standard InChI is InChI=1S/C16H19N3O2/c1-11-4-3-7-18-15(11)16(20)19-13-6-2-5-12(8-13)14-9-17-10-21-14/h2,5-6,8-11,15,18H,3-4,7H2,1H3,(H,19,20). The van der Waals surface area contributed by atoms with Crippen molar-refractivity contribution in [3.8, 4) is 11.3 Å². The molecule has 2 atom stereocenters. The number of hydrogen-bond acceptors (Lipinski definition) is 4. The zero-order valence-electron chi connectivity index (χ0n) is 12.0. The molecule has 2 unspecified atom stereocenters. The lowest BCUT2D eigenvalue weighted by Gasteiger charge is -2.28. The minimum Gasteiger partial charge on any atom is -0.444 e. The van der Waals surface area contributed by atoms with Crippen LogP contribution in [-0.4, -0.2) is 23.5 Å². The van der Waals surface area contributed by atoms with E-state index in [1.807, 2.05) is 24.3 Å². The van der Waals surface area contributed by atoms with E-state index in [4.69, 9.17) is 4.42 Å². The quantitative estimate of drug-likeness (QED) is 0.910. The van der Waals surface area contributed by atoms with E-state index in [-0.39, 0.29) is 11.9 Å². The molecule has 0 radical (unpaired) electrons. The first kappa shape index (κ1) is 13.8. The predicted octanol–water partition coefficient (Wildman–Crippen LogP) is 2.67. The number of amides is 1. The Morgan fingerprint density at radius 3 is 3.14 bits per heavy atom. The van der Waals surface area contributed by atoms with Crippen LogP contribution in [0.4, 0.5) is 5.69 Å². The van der Waals surface area contributed by atoms with Gasteiger partial charge in [0.15, 0.2) is 12.2 Å². The number of nitrogens with one attached hydrogen (secondary N) is 2. The van der Waals surface area contributed by atoms with Gasteiger partial charge in [-0.25, -0.2) is 4.98 Å². The summed E-state index contributed by atoms with van der Waals surface area (Å²) >= 11 is 0. The van der Waals surface area contributed by atoms with Crippen LogP contribution in [0, 0.1) is 5.92 Å². The number of carbonyl (C=O) groups is 1. The van der Waals surface area contributed by atoms with E-state index >= 15 is 0 Å². The lowest BCUT2D eigenvalue weighted by atomic mass is 9.92. The molecule has 0 saturated carbocycles. The van der Waals surface area contributed by atoms with E-state index in [9.17, 15) is 4.79 Å². The molecule has 0 bridgehead atoms. The van der Waals surface area contributed by atoms with Crippen molar-refractivity contribution in [3.05, 3.63) is 36.9 Å². The highest BCUT2D eigenvalue weighted by atomic mass is 16.3. The molecule has 2 aromatic rings. The van der Waals surface area contributed by atoms with E-state index in [1.54, 1.807) is 6.20 Å². The monoisotopic (exact) mass is 285 g/mol. The third kappa shape index (κ3) is 3.13. The Balaban J connectivity index is 1.73. The predicted molar refractivity (Wildman–Crippen MR) is 80.8 cm³/mol. The minimum atomic E-state index is -0.118. The number of rotatable bonds is 3. The van der Waals surface area contributed by atoms with Crippen LogP contribution >= 0.6 is 0 Å². The molecular formula is C16H19N3O2. The first-order valence-corrected chi connectivity index (χ1v) is 7.27. The molecule has 5 nitrogen and oxygen atoms in total. The lowest BCUT2D eigenvalue weighted by Crippen LogP contribution is -2.48. The van der Waals surface area contributed by atoms with E-state index in [0.717, 1.165) is 30.6 Å². The molecule has 0 aliphatic carbocycles. The zero-order valence-corrected chi connectivity index (χ0v) is 12.0. The normalized spacial score (nSPS) is 22.0. The van der Waals surface area contributed by atoms with Gasteiger partial charge >= 0.3 is 0 Å². The number of benzene rings is 1. The van der Waals surface area contributed by atoms with E-state index in [1.165, 1.54) is 6.39 Å². The Hall–Kier alpha value is -2.14. The van der Waals surface area contributed by atoms with Crippen LogP contribution in [0.3, 0.4) is 0 Å². The summed E-state index contributed by atoms with van der Waals surface area (Å²) in [5.74, 6) is 1.07. The Kier molecular flexibility index (Phi) is 4.01. The average molecular weight is 285 g/mol. The highest BCUT2D eigenvalue weighted by Crippen LogP contribution is 2.23. The van der Waals surface area contributed by atoms with Gasteiger partial charge in [-0.15, -0.1) is 0 Å². The van der Waals surface area contributed by atoms with Gasteiger partial charge in [0.1, 0.15) is 0 Å². The molecule has 1 aliphatic heterocycles. The second kappa shape index (κ2) is 6.10. The van der Waals surface area contributed by atoms with Crippen LogP contribution in [0.15, 0.2) is 41.3 Å². The molecule has 1 aromatic heterocycles. The second-order valence-electron chi connectivity index (χ2n) is 5.49. The topological polar surface area (TPSA) is 67.2 Å². The molecule has 21 heavy (non-hydrogen) atoms. The molecule has 1 saturated heterocycles. The number of nitrogens with zero attached hydrogens (tertiary/aromatic N) is 1. The summed E-state index contributed by atoms with van der Waals surface area (Å²) in [5, 5.41) is 6.27. The maximum atomic E-state index is 12.4. The number of anilines is 1. The van der Waals surface area contributed by atoms with Gasteiger partial charge in [-0.1, -0.05) is 19.1 Å². The number of carbonyl (C=O) groups excluding carboxylic acids is 1. The summed E-state index contributed by atoms with van der Waals surface area (Å²) in [5.41, 5.74) is 1.67. The van der Waals surface area contributed by atoms with Crippen molar-refractivity contribution in [2.75, 3.05) is 11.9 Å². The van der Waals surface area contributed by atoms with Crippen LogP contribution in [-0.2, 0) is 4.79 Å². The van der Waals surface area contributed by atoms with Gasteiger partial charge < -0.3 is 15.1 Å². The van der Waals surface area contributed by atoms with Gasteiger partial charge in [0.2, 0.25) is 5.91 Å². The van der Waals surface area contributed by atoms with Crippen LogP contribution in [0.25, 0.3) is 11.3 Å². The molecule has 0 spiro atoms. The molecule has 1 amide bonds. The molecule has 2 N–H and O–H groups in total. The minimum absolute atomic E-state index is 0.0249. The largest absolute Gasteiger partial charge is 0.444 e. The Bertz CT molecular complexity index is 610. The first-order chi connectivity index (χ1) is 10.2. The van der Waals surface area contributed by atoms with E-state index in [2.05, 4.69) is 22.5 Å². The van der Waals surface area contributed by atoms with Crippen molar-refractivity contribution in [2.45, 2.75) is 25.8 Å². The smallest absolute Gasteiger partial charge is 0.241 e. The van der Waals surface area contributed by atoms with Crippen LogP contribution in [0.2, 0.25) is 0 Å². The Morgan fingerprint density at radius 1 is 1.48 bits per heavy atom. The summed E-state index contributed by atoms with van der Waals surface area (Å²) in [4.78, 5) is 16.3. The molecule has 1 aliphatic rings. The third-order valence-electron chi connectivity index (χ3n) is 3.90. The fraction of sp³-hybridized carbons (Fsp3) is 0.375. The third-order valence-corrected chi connectivity index (χ3v) is 3.90. The van der Waals surface area contributed by atoms with Crippen molar-refractivity contribution in [2.24, 2.45) is 5.92 Å². The lowest BCUT2D eigenvalue weighted by molar-refractivity contribution is -0.119. The molecule has 1 fully saturated rings. The Morgan fingerprint density at radius 2 is 2.38 bits per heavy atom. The van der Waals surface area contributed by atoms with Gasteiger partial charge in [0, 0.05) is 11.3 Å². The summed E-state index contributed by atoms with van der Waals surface area (Å²) in [6.45, 7) is 3.02. The van der Waals surface area contributed by atoms with Gasteiger partial charge in [0.05, 0.1) is 12.2 Å². The number of piperidine rings is 1. The molecule has 5 heteroatoms. The van der Waals surface area contributed by atoms with Crippen molar-refractivity contribution in [1.29, 1.82) is 0 Å². The van der Waals surface area contributed by atoms with Crippen molar-refractivity contribution >= 4 is 11.6 Å². The number of aromatic nitrogens is 1. The molecule has 3 rings (SSSR count). The fourth-order valence-electron chi connectivity index (χ4n) is 2.73. The molecule has 110 valence electrons.